The van der Waals surface area contributed by atoms with E-state index in [9.17, 15) is 9.90 Å². The summed E-state index contributed by atoms with van der Waals surface area (Å²) in [5.41, 5.74) is 0.564. The quantitative estimate of drug-likeness (QED) is 0.865. The highest BCUT2D eigenvalue weighted by atomic mass is 127. The molecule has 1 rings (SSSR count). The highest BCUT2D eigenvalue weighted by Gasteiger charge is 2.28. The molecule has 2 nitrogen and oxygen atoms in total. The third-order valence-corrected chi connectivity index (χ3v) is 3.14. The van der Waals surface area contributed by atoms with Gasteiger partial charge in [0, 0.05) is 9.99 Å². The number of hydrogen-bond acceptors (Lipinski definition) is 2. The first-order valence-corrected chi connectivity index (χ1v) is 6.34. The predicted octanol–water partition coefficient (Wildman–Crippen LogP) is 2.81. The van der Waals surface area contributed by atoms with Gasteiger partial charge in [-0.3, -0.25) is 4.79 Å². The summed E-state index contributed by atoms with van der Waals surface area (Å²) >= 11 is 2.22. The fourth-order valence-electron chi connectivity index (χ4n) is 1.38. The zero-order chi connectivity index (χ0) is 12.3. The normalized spacial score (nSPS) is 13.6. The van der Waals surface area contributed by atoms with Gasteiger partial charge >= 0.3 is 0 Å². The first-order chi connectivity index (χ1) is 7.30. The lowest BCUT2D eigenvalue weighted by Gasteiger charge is -2.24. The van der Waals surface area contributed by atoms with Gasteiger partial charge in [-0.25, -0.2) is 0 Å². The van der Waals surface area contributed by atoms with Gasteiger partial charge in [0.15, 0.2) is 5.78 Å². The van der Waals surface area contributed by atoms with Crippen molar-refractivity contribution in [1.82, 2.24) is 0 Å². The molecule has 0 aliphatic rings. The Bertz CT molecular complexity index is 363. The number of aliphatic hydroxyl groups is 1. The molecule has 0 fully saturated rings. The molecular weight excluding hydrogens is 315 g/mol. The molecule has 1 atom stereocenters. The van der Waals surface area contributed by atoms with Crippen LogP contribution in [0.1, 0.15) is 26.3 Å². The van der Waals surface area contributed by atoms with Gasteiger partial charge in [0.1, 0.15) is 6.10 Å². The molecule has 0 saturated carbocycles. The molecule has 0 radical (unpaired) electrons. The summed E-state index contributed by atoms with van der Waals surface area (Å²) in [6.45, 7) is 5.59. The van der Waals surface area contributed by atoms with E-state index in [0.29, 0.717) is 6.42 Å². The molecule has 0 bridgehead atoms. The third-order valence-electron chi connectivity index (χ3n) is 2.42. The maximum Gasteiger partial charge on any atom is 0.166 e. The van der Waals surface area contributed by atoms with Crippen molar-refractivity contribution in [1.29, 1.82) is 0 Å². The molecule has 0 aromatic heterocycles. The van der Waals surface area contributed by atoms with E-state index in [-0.39, 0.29) is 11.2 Å². The summed E-state index contributed by atoms with van der Waals surface area (Å²) in [7, 11) is 0. The molecule has 0 amide bonds. The summed E-state index contributed by atoms with van der Waals surface area (Å²) in [6, 6.07) is 7.78. The summed E-state index contributed by atoms with van der Waals surface area (Å²) in [5, 5.41) is 9.82. The molecule has 1 aromatic rings. The topological polar surface area (TPSA) is 37.3 Å². The van der Waals surface area contributed by atoms with Crippen LogP contribution in [0, 0.1) is 8.99 Å². The van der Waals surface area contributed by atoms with Gasteiger partial charge < -0.3 is 5.11 Å². The molecular formula is C13H17IO2. The standard InChI is InChI=1S/C13H17IO2/c1-13(2,3)12(16)11(15)8-9-4-6-10(14)7-5-9/h4-7,12,16H,8H2,1-3H3. The van der Waals surface area contributed by atoms with Gasteiger partial charge in [-0.05, 0) is 45.7 Å². The molecule has 88 valence electrons. The number of ketones is 1. The molecule has 16 heavy (non-hydrogen) atoms. The molecule has 0 heterocycles. The first-order valence-electron chi connectivity index (χ1n) is 5.26. The zero-order valence-electron chi connectivity index (χ0n) is 9.83. The Balaban J connectivity index is 2.68. The van der Waals surface area contributed by atoms with Gasteiger partial charge in [0.2, 0.25) is 0 Å². The molecule has 1 aromatic carbocycles. The molecule has 1 N–H and O–H groups in total. The Morgan fingerprint density at radius 1 is 1.31 bits per heavy atom. The van der Waals surface area contributed by atoms with Crippen LogP contribution in [-0.2, 0) is 11.2 Å². The van der Waals surface area contributed by atoms with E-state index in [1.54, 1.807) is 0 Å². The van der Waals surface area contributed by atoms with Crippen LogP contribution in [0.4, 0.5) is 0 Å². The molecule has 0 aliphatic heterocycles. The largest absolute Gasteiger partial charge is 0.385 e. The van der Waals surface area contributed by atoms with Gasteiger partial charge in [0.05, 0.1) is 0 Å². The van der Waals surface area contributed by atoms with Crippen molar-refractivity contribution < 1.29 is 9.90 Å². The summed E-state index contributed by atoms with van der Waals surface area (Å²) in [5.74, 6) is -0.117. The van der Waals surface area contributed by atoms with E-state index in [0.717, 1.165) is 9.13 Å². The number of hydrogen-bond donors (Lipinski definition) is 1. The maximum absolute atomic E-state index is 11.8. The van der Waals surface area contributed by atoms with E-state index >= 15 is 0 Å². The Labute approximate surface area is 110 Å². The van der Waals surface area contributed by atoms with Gasteiger partial charge in [-0.1, -0.05) is 32.9 Å². The van der Waals surface area contributed by atoms with Crippen molar-refractivity contribution in [3.05, 3.63) is 33.4 Å². The average Bonchev–Trinajstić information content (AvgIpc) is 2.19. The number of aliphatic hydroxyl groups excluding tert-OH is 1. The van der Waals surface area contributed by atoms with Crippen LogP contribution in [0.2, 0.25) is 0 Å². The van der Waals surface area contributed by atoms with Crippen LogP contribution in [0.5, 0.6) is 0 Å². The second kappa shape index (κ2) is 5.27. The number of carbonyl (C=O) groups excluding carboxylic acids is 1. The van der Waals surface area contributed by atoms with Crippen molar-refractivity contribution >= 4 is 28.4 Å². The number of carbonyl (C=O) groups is 1. The van der Waals surface area contributed by atoms with Crippen LogP contribution < -0.4 is 0 Å². The van der Waals surface area contributed by atoms with Crippen molar-refractivity contribution in [3.8, 4) is 0 Å². The fraction of sp³-hybridized carbons (Fsp3) is 0.462. The van der Waals surface area contributed by atoms with E-state index in [1.165, 1.54) is 0 Å². The van der Waals surface area contributed by atoms with Crippen molar-refractivity contribution in [3.63, 3.8) is 0 Å². The minimum atomic E-state index is -0.897. The maximum atomic E-state index is 11.8. The third kappa shape index (κ3) is 3.87. The molecule has 0 aliphatic carbocycles. The summed E-state index contributed by atoms with van der Waals surface area (Å²) in [4.78, 5) is 11.8. The van der Waals surface area contributed by atoms with Crippen LogP contribution in [0.25, 0.3) is 0 Å². The molecule has 0 saturated heterocycles. The van der Waals surface area contributed by atoms with Crippen LogP contribution in [0.15, 0.2) is 24.3 Å². The summed E-state index contributed by atoms with van der Waals surface area (Å²) < 4.78 is 1.14. The predicted molar refractivity (Wildman–Crippen MR) is 73.3 cm³/mol. The second-order valence-corrected chi connectivity index (χ2v) is 6.28. The van der Waals surface area contributed by atoms with Gasteiger partial charge in [-0.2, -0.15) is 0 Å². The Hall–Kier alpha value is -0.420. The lowest BCUT2D eigenvalue weighted by atomic mass is 9.85. The minimum absolute atomic E-state index is 0.117. The SMILES string of the molecule is CC(C)(C)C(O)C(=O)Cc1ccc(I)cc1. The van der Waals surface area contributed by atoms with Gasteiger partial charge in [0.25, 0.3) is 0 Å². The van der Waals surface area contributed by atoms with Crippen molar-refractivity contribution in [2.75, 3.05) is 0 Å². The summed E-state index contributed by atoms with van der Waals surface area (Å²) in [6.07, 6.45) is -0.596. The van der Waals surface area contributed by atoms with E-state index in [2.05, 4.69) is 22.6 Å². The van der Waals surface area contributed by atoms with Crippen molar-refractivity contribution in [2.24, 2.45) is 5.41 Å². The number of benzene rings is 1. The zero-order valence-corrected chi connectivity index (χ0v) is 12.0. The Kier molecular flexibility index (Phi) is 4.50. The monoisotopic (exact) mass is 332 g/mol. The number of rotatable bonds is 3. The van der Waals surface area contributed by atoms with E-state index in [4.69, 9.17) is 0 Å². The highest BCUT2D eigenvalue weighted by molar-refractivity contribution is 14.1. The van der Waals surface area contributed by atoms with Crippen LogP contribution >= 0.6 is 22.6 Å². The lowest BCUT2D eigenvalue weighted by molar-refractivity contribution is -0.131. The van der Waals surface area contributed by atoms with E-state index in [1.807, 2.05) is 45.0 Å². The molecule has 3 heteroatoms. The van der Waals surface area contributed by atoms with Gasteiger partial charge in [-0.15, -0.1) is 0 Å². The second-order valence-electron chi connectivity index (χ2n) is 5.04. The molecule has 0 spiro atoms. The number of halogens is 1. The van der Waals surface area contributed by atoms with Crippen LogP contribution in [-0.4, -0.2) is 17.0 Å². The fourth-order valence-corrected chi connectivity index (χ4v) is 1.74. The first kappa shape index (κ1) is 13.6. The average molecular weight is 332 g/mol. The minimum Gasteiger partial charge on any atom is -0.385 e. The highest BCUT2D eigenvalue weighted by Crippen LogP contribution is 2.21. The number of Topliss-reactive ketones (excluding diaryl/α,β-unsaturated/α-hetero) is 1. The Morgan fingerprint density at radius 2 is 1.81 bits per heavy atom. The smallest absolute Gasteiger partial charge is 0.166 e. The van der Waals surface area contributed by atoms with Crippen LogP contribution in [0.3, 0.4) is 0 Å². The van der Waals surface area contributed by atoms with E-state index < -0.39 is 6.10 Å². The lowest BCUT2D eigenvalue weighted by Crippen LogP contribution is -2.35. The molecule has 1 unspecified atom stereocenters. The Morgan fingerprint density at radius 3 is 2.25 bits per heavy atom. The van der Waals surface area contributed by atoms with Crippen molar-refractivity contribution in [2.45, 2.75) is 33.3 Å².